The van der Waals surface area contributed by atoms with E-state index in [2.05, 4.69) is 49.6 Å². The third-order valence-electron chi connectivity index (χ3n) is 4.20. The molecule has 0 unspecified atom stereocenters. The van der Waals surface area contributed by atoms with E-state index in [0.29, 0.717) is 0 Å². The summed E-state index contributed by atoms with van der Waals surface area (Å²) in [7, 11) is 0. The first-order valence-corrected chi connectivity index (χ1v) is 8.98. The fourth-order valence-corrected chi connectivity index (χ4v) is 3.97. The first kappa shape index (κ1) is 14.9. The minimum atomic E-state index is 0.809. The summed E-state index contributed by atoms with van der Waals surface area (Å²) in [5.41, 5.74) is 3.52. The Kier molecular flexibility index (Phi) is 3.54. The maximum atomic E-state index is 4.53. The number of rotatable bonds is 3. The Balaban J connectivity index is 1.67. The summed E-state index contributed by atoms with van der Waals surface area (Å²) < 4.78 is 0. The van der Waals surface area contributed by atoms with Crippen molar-refractivity contribution in [2.75, 3.05) is 0 Å². The molecule has 0 fully saturated rings. The standard InChI is InChI=1S/C20H13N5S/c1-2-6-14-13(5-1)19(16-10-12-22-23-16)24-25-20(14)18-9-8-17(26-18)15-7-3-4-11-21-15/h1-12H,(H,22,23). The van der Waals surface area contributed by atoms with E-state index < -0.39 is 0 Å². The average Bonchev–Trinajstić information content (AvgIpc) is 3.40. The fraction of sp³-hybridized carbons (Fsp3) is 0. The summed E-state index contributed by atoms with van der Waals surface area (Å²) >= 11 is 1.67. The Labute approximate surface area is 153 Å². The summed E-state index contributed by atoms with van der Waals surface area (Å²) in [5.74, 6) is 0. The van der Waals surface area contributed by atoms with Crippen molar-refractivity contribution in [3.05, 3.63) is 73.1 Å². The molecule has 0 spiro atoms. The van der Waals surface area contributed by atoms with E-state index in [1.807, 2.05) is 42.6 Å². The molecule has 0 saturated heterocycles. The Morgan fingerprint density at radius 3 is 2.23 bits per heavy atom. The van der Waals surface area contributed by atoms with E-state index in [1.165, 1.54) is 0 Å². The molecule has 5 aromatic rings. The van der Waals surface area contributed by atoms with Crippen LogP contribution < -0.4 is 0 Å². The van der Waals surface area contributed by atoms with Crippen molar-refractivity contribution in [1.82, 2.24) is 25.4 Å². The molecule has 0 atom stereocenters. The van der Waals surface area contributed by atoms with Crippen LogP contribution in [0, 0.1) is 0 Å². The summed E-state index contributed by atoms with van der Waals surface area (Å²) in [6.07, 6.45) is 3.53. The molecule has 5 nitrogen and oxygen atoms in total. The minimum Gasteiger partial charge on any atom is -0.276 e. The van der Waals surface area contributed by atoms with Crippen LogP contribution in [-0.2, 0) is 0 Å². The average molecular weight is 355 g/mol. The third-order valence-corrected chi connectivity index (χ3v) is 5.31. The number of aromatic amines is 1. The van der Waals surface area contributed by atoms with Gasteiger partial charge in [0, 0.05) is 23.2 Å². The summed E-state index contributed by atoms with van der Waals surface area (Å²) in [4.78, 5) is 6.62. The van der Waals surface area contributed by atoms with Crippen molar-refractivity contribution in [2.45, 2.75) is 0 Å². The number of fused-ring (bicyclic) bond motifs is 1. The lowest BCUT2D eigenvalue weighted by Gasteiger charge is -2.07. The van der Waals surface area contributed by atoms with E-state index in [4.69, 9.17) is 0 Å². The number of benzene rings is 1. The molecule has 5 rings (SSSR count). The molecule has 0 aliphatic rings. The summed E-state index contributed by atoms with van der Waals surface area (Å²) in [6, 6.07) is 20.2. The lowest BCUT2D eigenvalue weighted by molar-refractivity contribution is 1.04. The van der Waals surface area contributed by atoms with Crippen LogP contribution >= 0.6 is 11.3 Å². The van der Waals surface area contributed by atoms with Crippen LogP contribution in [-0.4, -0.2) is 25.4 Å². The largest absolute Gasteiger partial charge is 0.276 e. The smallest absolute Gasteiger partial charge is 0.119 e. The van der Waals surface area contributed by atoms with Crippen LogP contribution in [0.3, 0.4) is 0 Å². The number of aromatic nitrogens is 5. The van der Waals surface area contributed by atoms with Gasteiger partial charge >= 0.3 is 0 Å². The van der Waals surface area contributed by atoms with Gasteiger partial charge < -0.3 is 0 Å². The van der Waals surface area contributed by atoms with Gasteiger partial charge in [0.1, 0.15) is 11.4 Å². The number of pyridine rings is 1. The maximum absolute atomic E-state index is 4.53. The summed E-state index contributed by atoms with van der Waals surface area (Å²) in [6.45, 7) is 0. The molecular formula is C20H13N5S. The van der Waals surface area contributed by atoms with Crippen LogP contribution in [0.25, 0.3) is 43.3 Å². The van der Waals surface area contributed by atoms with Crippen LogP contribution in [0.2, 0.25) is 0 Å². The highest BCUT2D eigenvalue weighted by Crippen LogP contribution is 2.37. The first-order chi connectivity index (χ1) is 12.9. The normalized spacial score (nSPS) is 11.1. The fourth-order valence-electron chi connectivity index (χ4n) is 2.98. The SMILES string of the molecule is c1ccc(-c2ccc(-c3nnc(-c4ccn[nH]4)c4ccccc34)s2)nc1. The zero-order valence-corrected chi connectivity index (χ0v) is 14.4. The lowest BCUT2D eigenvalue weighted by Crippen LogP contribution is -1.94. The number of H-pyrrole nitrogens is 1. The quantitative estimate of drug-likeness (QED) is 0.504. The van der Waals surface area contributed by atoms with Gasteiger partial charge in [-0.05, 0) is 30.3 Å². The predicted octanol–water partition coefficient (Wildman–Crippen LogP) is 4.81. The number of nitrogens with one attached hydrogen (secondary N) is 1. The number of nitrogens with zero attached hydrogens (tertiary/aromatic N) is 4. The Morgan fingerprint density at radius 1 is 0.692 bits per heavy atom. The van der Waals surface area contributed by atoms with Crippen LogP contribution in [0.5, 0.6) is 0 Å². The van der Waals surface area contributed by atoms with Crippen molar-refractivity contribution in [3.63, 3.8) is 0 Å². The van der Waals surface area contributed by atoms with Gasteiger partial charge in [-0.2, -0.15) is 5.10 Å². The van der Waals surface area contributed by atoms with Gasteiger partial charge in [0.2, 0.25) is 0 Å². The Hall–Kier alpha value is -3.38. The molecule has 4 heterocycles. The van der Waals surface area contributed by atoms with E-state index in [9.17, 15) is 0 Å². The molecule has 0 amide bonds. The maximum Gasteiger partial charge on any atom is 0.119 e. The molecule has 0 radical (unpaired) electrons. The molecule has 4 aromatic heterocycles. The lowest BCUT2D eigenvalue weighted by atomic mass is 10.1. The van der Waals surface area contributed by atoms with Gasteiger partial charge in [0.15, 0.2) is 0 Å². The zero-order valence-electron chi connectivity index (χ0n) is 13.6. The number of hydrogen-bond acceptors (Lipinski definition) is 5. The molecule has 26 heavy (non-hydrogen) atoms. The molecule has 1 aromatic carbocycles. The van der Waals surface area contributed by atoms with Gasteiger partial charge in [0.25, 0.3) is 0 Å². The second-order valence-electron chi connectivity index (χ2n) is 5.79. The minimum absolute atomic E-state index is 0.809. The van der Waals surface area contributed by atoms with Gasteiger partial charge in [0.05, 0.1) is 21.1 Å². The Morgan fingerprint density at radius 2 is 1.46 bits per heavy atom. The van der Waals surface area contributed by atoms with E-state index in [0.717, 1.165) is 43.3 Å². The van der Waals surface area contributed by atoms with E-state index >= 15 is 0 Å². The molecule has 124 valence electrons. The monoisotopic (exact) mass is 355 g/mol. The van der Waals surface area contributed by atoms with Crippen molar-refractivity contribution in [3.8, 4) is 32.5 Å². The molecular weight excluding hydrogens is 342 g/mol. The first-order valence-electron chi connectivity index (χ1n) is 8.17. The second kappa shape index (κ2) is 6.16. The van der Waals surface area contributed by atoms with E-state index in [-0.39, 0.29) is 0 Å². The summed E-state index contributed by atoms with van der Waals surface area (Å²) in [5, 5.41) is 18.1. The van der Waals surface area contributed by atoms with Crippen LogP contribution in [0.15, 0.2) is 73.1 Å². The molecule has 0 saturated carbocycles. The van der Waals surface area contributed by atoms with Gasteiger partial charge in [-0.1, -0.05) is 30.3 Å². The Bertz CT molecular complexity index is 1180. The molecule has 6 heteroatoms. The third kappa shape index (κ3) is 2.48. The molecule has 1 N–H and O–H groups in total. The van der Waals surface area contributed by atoms with E-state index in [1.54, 1.807) is 17.5 Å². The zero-order chi connectivity index (χ0) is 17.3. The van der Waals surface area contributed by atoms with Gasteiger partial charge in [-0.3, -0.25) is 10.1 Å². The molecule has 0 aliphatic heterocycles. The second-order valence-corrected chi connectivity index (χ2v) is 6.88. The highest BCUT2D eigenvalue weighted by molar-refractivity contribution is 7.18. The predicted molar refractivity (Wildman–Crippen MR) is 104 cm³/mol. The highest BCUT2D eigenvalue weighted by Gasteiger charge is 2.15. The number of thiophene rings is 1. The van der Waals surface area contributed by atoms with Crippen molar-refractivity contribution >= 4 is 22.1 Å². The number of hydrogen-bond donors (Lipinski definition) is 1. The van der Waals surface area contributed by atoms with Crippen molar-refractivity contribution in [2.24, 2.45) is 0 Å². The van der Waals surface area contributed by atoms with Gasteiger partial charge in [-0.25, -0.2) is 0 Å². The van der Waals surface area contributed by atoms with Gasteiger partial charge in [-0.15, -0.1) is 21.5 Å². The highest BCUT2D eigenvalue weighted by atomic mass is 32.1. The molecule has 0 bridgehead atoms. The van der Waals surface area contributed by atoms with Crippen molar-refractivity contribution in [1.29, 1.82) is 0 Å². The van der Waals surface area contributed by atoms with Crippen molar-refractivity contribution < 1.29 is 0 Å². The molecule has 0 aliphatic carbocycles. The topological polar surface area (TPSA) is 67.3 Å². The van der Waals surface area contributed by atoms with Crippen LogP contribution in [0.1, 0.15) is 0 Å². The van der Waals surface area contributed by atoms with Crippen LogP contribution in [0.4, 0.5) is 0 Å².